The molecule has 24 heavy (non-hydrogen) atoms. The van der Waals surface area contributed by atoms with Crippen molar-refractivity contribution in [1.29, 1.82) is 0 Å². The molecule has 2 N–H and O–H groups in total. The SMILES string of the molecule is CC(C)(CNC(=O)NCc1nc(C2CC2)no1)c1ccccc1Cl. The second-order valence-corrected chi connectivity index (χ2v) is 7.13. The van der Waals surface area contributed by atoms with Gasteiger partial charge in [0.05, 0.1) is 6.54 Å². The minimum Gasteiger partial charge on any atom is -0.337 e. The van der Waals surface area contributed by atoms with Crippen molar-refractivity contribution in [1.82, 2.24) is 20.8 Å². The monoisotopic (exact) mass is 348 g/mol. The molecule has 0 radical (unpaired) electrons. The maximum absolute atomic E-state index is 12.0. The van der Waals surface area contributed by atoms with Gasteiger partial charge in [0.2, 0.25) is 5.89 Å². The van der Waals surface area contributed by atoms with Crippen LogP contribution in [0.3, 0.4) is 0 Å². The van der Waals surface area contributed by atoms with Gasteiger partial charge in [-0.25, -0.2) is 4.79 Å². The second-order valence-electron chi connectivity index (χ2n) is 6.72. The summed E-state index contributed by atoms with van der Waals surface area (Å²) < 4.78 is 5.13. The highest BCUT2D eigenvalue weighted by molar-refractivity contribution is 6.31. The summed E-state index contributed by atoms with van der Waals surface area (Å²) in [7, 11) is 0. The Bertz CT molecular complexity index is 725. The van der Waals surface area contributed by atoms with Crippen LogP contribution in [0.4, 0.5) is 4.79 Å². The number of nitrogens with one attached hydrogen (secondary N) is 2. The van der Waals surface area contributed by atoms with E-state index in [1.54, 1.807) is 0 Å². The summed E-state index contributed by atoms with van der Waals surface area (Å²) in [6.45, 7) is 4.75. The molecule has 0 atom stereocenters. The van der Waals surface area contributed by atoms with Crippen molar-refractivity contribution >= 4 is 17.6 Å². The van der Waals surface area contributed by atoms with E-state index in [2.05, 4.69) is 20.8 Å². The van der Waals surface area contributed by atoms with Crippen LogP contribution in [0.15, 0.2) is 28.8 Å². The summed E-state index contributed by atoms with van der Waals surface area (Å²) >= 11 is 6.24. The molecule has 7 heteroatoms. The highest BCUT2D eigenvalue weighted by Crippen LogP contribution is 2.38. The van der Waals surface area contributed by atoms with Crippen LogP contribution >= 0.6 is 11.6 Å². The maximum atomic E-state index is 12.0. The lowest BCUT2D eigenvalue weighted by Crippen LogP contribution is -2.42. The first kappa shape index (κ1) is 16.8. The molecule has 1 heterocycles. The Balaban J connectivity index is 1.48. The lowest BCUT2D eigenvalue weighted by atomic mass is 9.84. The first-order chi connectivity index (χ1) is 11.5. The van der Waals surface area contributed by atoms with E-state index in [4.69, 9.17) is 16.1 Å². The number of amides is 2. The standard InChI is InChI=1S/C17H21ClN4O2/c1-17(2,12-5-3-4-6-13(12)18)10-20-16(23)19-9-14-21-15(22-24-14)11-7-8-11/h3-6,11H,7-10H2,1-2H3,(H2,19,20,23). The van der Waals surface area contributed by atoms with Crippen LogP contribution < -0.4 is 10.6 Å². The average molecular weight is 349 g/mol. The van der Waals surface area contributed by atoms with Gasteiger partial charge in [0.1, 0.15) is 0 Å². The maximum Gasteiger partial charge on any atom is 0.315 e. The van der Waals surface area contributed by atoms with E-state index < -0.39 is 0 Å². The molecule has 1 aliphatic rings. The van der Waals surface area contributed by atoms with Gasteiger partial charge in [0.25, 0.3) is 0 Å². The summed E-state index contributed by atoms with van der Waals surface area (Å²) in [5.74, 6) is 1.61. The van der Waals surface area contributed by atoms with Gasteiger partial charge in [0, 0.05) is 22.9 Å². The number of urea groups is 1. The average Bonchev–Trinajstić information content (AvgIpc) is 3.30. The highest BCUT2D eigenvalue weighted by Gasteiger charge is 2.29. The third-order valence-electron chi connectivity index (χ3n) is 4.12. The molecule has 1 saturated carbocycles. The van der Waals surface area contributed by atoms with Crippen LogP contribution in [0.1, 0.15) is 49.9 Å². The van der Waals surface area contributed by atoms with Crippen LogP contribution in [-0.4, -0.2) is 22.7 Å². The van der Waals surface area contributed by atoms with Gasteiger partial charge in [-0.05, 0) is 24.5 Å². The Morgan fingerprint density at radius 1 is 1.33 bits per heavy atom. The molecule has 1 fully saturated rings. The van der Waals surface area contributed by atoms with Crippen molar-refractivity contribution in [3.63, 3.8) is 0 Å². The summed E-state index contributed by atoms with van der Waals surface area (Å²) in [6.07, 6.45) is 2.23. The summed E-state index contributed by atoms with van der Waals surface area (Å²) in [4.78, 5) is 16.3. The Morgan fingerprint density at radius 3 is 2.79 bits per heavy atom. The first-order valence-corrected chi connectivity index (χ1v) is 8.43. The van der Waals surface area contributed by atoms with Crippen LogP contribution in [-0.2, 0) is 12.0 Å². The first-order valence-electron chi connectivity index (χ1n) is 8.05. The van der Waals surface area contributed by atoms with Crippen LogP contribution in [0.25, 0.3) is 0 Å². The van der Waals surface area contributed by atoms with E-state index in [0.29, 0.717) is 23.4 Å². The third kappa shape index (κ3) is 4.06. The number of hydrogen-bond donors (Lipinski definition) is 2. The van der Waals surface area contributed by atoms with Crippen molar-refractivity contribution in [2.45, 2.75) is 44.6 Å². The number of hydrogen-bond acceptors (Lipinski definition) is 4. The molecule has 3 rings (SSSR count). The highest BCUT2D eigenvalue weighted by atomic mass is 35.5. The minimum atomic E-state index is -0.278. The molecule has 2 amide bonds. The van der Waals surface area contributed by atoms with Gasteiger partial charge >= 0.3 is 6.03 Å². The summed E-state index contributed by atoms with van der Waals surface area (Å²) in [5.41, 5.74) is 0.720. The largest absolute Gasteiger partial charge is 0.337 e. The van der Waals surface area contributed by atoms with Gasteiger partial charge in [-0.1, -0.05) is 48.8 Å². The van der Waals surface area contributed by atoms with Gasteiger partial charge in [-0.2, -0.15) is 4.98 Å². The van der Waals surface area contributed by atoms with Crippen molar-refractivity contribution in [3.8, 4) is 0 Å². The van der Waals surface area contributed by atoms with E-state index in [9.17, 15) is 4.79 Å². The van der Waals surface area contributed by atoms with Crippen LogP contribution in [0.2, 0.25) is 5.02 Å². The molecule has 1 aliphatic carbocycles. The fourth-order valence-corrected chi connectivity index (χ4v) is 2.86. The van der Waals surface area contributed by atoms with Gasteiger partial charge in [-0.15, -0.1) is 0 Å². The lowest BCUT2D eigenvalue weighted by Gasteiger charge is -2.26. The van der Waals surface area contributed by atoms with E-state index in [-0.39, 0.29) is 18.0 Å². The van der Waals surface area contributed by atoms with Gasteiger partial charge < -0.3 is 15.2 Å². The van der Waals surface area contributed by atoms with Crippen molar-refractivity contribution < 1.29 is 9.32 Å². The summed E-state index contributed by atoms with van der Waals surface area (Å²) in [5, 5.41) is 10.2. The minimum absolute atomic E-state index is 0.220. The van der Waals surface area contributed by atoms with E-state index in [1.165, 1.54) is 0 Å². The van der Waals surface area contributed by atoms with Gasteiger partial charge in [-0.3, -0.25) is 0 Å². The topological polar surface area (TPSA) is 80.0 Å². The molecule has 0 spiro atoms. The molecule has 0 unspecified atom stereocenters. The van der Waals surface area contributed by atoms with Crippen molar-refractivity contribution in [2.24, 2.45) is 0 Å². The number of halogens is 1. The molecule has 6 nitrogen and oxygen atoms in total. The zero-order valence-electron chi connectivity index (χ0n) is 13.8. The van der Waals surface area contributed by atoms with Crippen LogP contribution in [0, 0.1) is 0 Å². The number of benzene rings is 1. The normalized spacial score (nSPS) is 14.5. The second kappa shape index (κ2) is 6.81. The van der Waals surface area contributed by atoms with Crippen LogP contribution in [0.5, 0.6) is 0 Å². The Kier molecular flexibility index (Phi) is 4.76. The molecule has 1 aromatic heterocycles. The predicted octanol–water partition coefficient (Wildman–Crippen LogP) is 3.38. The van der Waals surface area contributed by atoms with Crippen molar-refractivity contribution in [3.05, 3.63) is 46.6 Å². The summed E-state index contributed by atoms with van der Waals surface area (Å²) in [6, 6.07) is 7.38. The molecule has 0 aliphatic heterocycles. The van der Waals surface area contributed by atoms with E-state index in [1.807, 2.05) is 38.1 Å². The van der Waals surface area contributed by atoms with Gasteiger partial charge in [0.15, 0.2) is 5.82 Å². The number of nitrogens with zero attached hydrogens (tertiary/aromatic N) is 2. The smallest absolute Gasteiger partial charge is 0.315 e. The zero-order valence-corrected chi connectivity index (χ0v) is 14.6. The molecule has 0 bridgehead atoms. The molecule has 2 aromatic rings. The molecule has 128 valence electrons. The Labute approximate surface area is 146 Å². The molecular weight excluding hydrogens is 328 g/mol. The van der Waals surface area contributed by atoms with Crippen molar-refractivity contribution in [2.75, 3.05) is 6.54 Å². The zero-order chi connectivity index (χ0) is 17.2. The number of carbonyl (C=O) groups excluding carboxylic acids is 1. The lowest BCUT2D eigenvalue weighted by molar-refractivity contribution is 0.236. The predicted molar refractivity (Wildman–Crippen MR) is 91.0 cm³/mol. The van der Waals surface area contributed by atoms with E-state index in [0.717, 1.165) is 24.2 Å². The number of carbonyl (C=O) groups is 1. The fraction of sp³-hybridized carbons (Fsp3) is 0.471. The van der Waals surface area contributed by atoms with E-state index >= 15 is 0 Å². The quantitative estimate of drug-likeness (QED) is 0.838. The molecule has 0 saturated heterocycles. The molecular formula is C17H21ClN4O2. The Hall–Kier alpha value is -2.08. The Morgan fingerprint density at radius 2 is 2.08 bits per heavy atom. The number of aromatic nitrogens is 2. The molecule has 1 aromatic carbocycles. The number of rotatable bonds is 6. The fourth-order valence-electron chi connectivity index (χ4n) is 2.47. The third-order valence-corrected chi connectivity index (χ3v) is 4.45.